The zero-order valence-corrected chi connectivity index (χ0v) is 14.8. The largest absolute Gasteiger partial charge is 0.652 e. The molecular formula is C22H18O5-2. The molecule has 0 saturated heterocycles. The van der Waals surface area contributed by atoms with Crippen molar-refractivity contribution in [3.8, 4) is 22.3 Å². The molecule has 138 valence electrons. The molecule has 3 aromatic rings. The summed E-state index contributed by atoms with van der Waals surface area (Å²) in [4.78, 5) is 20.6. The van der Waals surface area contributed by atoms with Crippen LogP contribution < -0.4 is 10.2 Å². The number of carbonyl (C=O) groups is 2. The predicted molar refractivity (Wildman–Crippen MR) is 98.7 cm³/mol. The van der Waals surface area contributed by atoms with Gasteiger partial charge in [-0.3, -0.25) is 0 Å². The number of hydrogen-bond donors (Lipinski definition) is 0. The van der Waals surface area contributed by atoms with Gasteiger partial charge < -0.3 is 19.7 Å². The van der Waals surface area contributed by atoms with Gasteiger partial charge in [0.15, 0.2) is 0 Å². The summed E-state index contributed by atoms with van der Waals surface area (Å²) in [6, 6.07) is 25.9. The normalized spacial score (nSPS) is 9.67. The van der Waals surface area contributed by atoms with Gasteiger partial charge in [-0.2, -0.15) is 0 Å². The van der Waals surface area contributed by atoms with E-state index >= 15 is 0 Å². The van der Waals surface area contributed by atoms with Gasteiger partial charge in [-0.1, -0.05) is 72.8 Å². The van der Waals surface area contributed by atoms with E-state index in [4.69, 9.17) is 19.7 Å². The number of carboxylic acid groups (broad SMARTS) is 2. The second-order valence-corrected chi connectivity index (χ2v) is 5.43. The fourth-order valence-corrected chi connectivity index (χ4v) is 2.69. The molecule has 5 nitrogen and oxygen atoms in total. The molecule has 0 fully saturated rings. The second-order valence-electron chi connectivity index (χ2n) is 5.43. The van der Waals surface area contributed by atoms with Crippen molar-refractivity contribution in [1.82, 2.24) is 0 Å². The molecule has 0 amide bonds. The molecule has 0 heterocycles. The van der Waals surface area contributed by atoms with Gasteiger partial charge in [0.1, 0.15) is 0 Å². The van der Waals surface area contributed by atoms with Gasteiger partial charge in [-0.15, -0.1) is 0 Å². The minimum atomic E-state index is -2.33. The van der Waals surface area contributed by atoms with Crippen LogP contribution in [0.2, 0.25) is 0 Å². The third kappa shape index (κ3) is 5.44. The molecule has 0 aliphatic rings. The fourth-order valence-electron chi connectivity index (χ4n) is 2.69. The van der Waals surface area contributed by atoms with E-state index in [-0.39, 0.29) is 5.97 Å². The number of esters is 1. The molecule has 0 unspecified atom stereocenters. The standard InChI is InChI=1S/C21H18O2.CH2O3/c1-2-23-21(22)20-15-9-8-14-19(20)18-13-7-6-12-17(18)16-10-4-3-5-11-16;2-1(3)4/h3-15H,2H2,1H3;(H2,2,3,4)/p-2. The van der Waals surface area contributed by atoms with E-state index in [9.17, 15) is 4.79 Å². The average Bonchev–Trinajstić information content (AvgIpc) is 2.68. The van der Waals surface area contributed by atoms with E-state index in [0.29, 0.717) is 12.2 Å². The Morgan fingerprint density at radius 1 is 0.741 bits per heavy atom. The third-order valence-corrected chi connectivity index (χ3v) is 3.72. The van der Waals surface area contributed by atoms with E-state index < -0.39 is 6.16 Å². The van der Waals surface area contributed by atoms with Crippen molar-refractivity contribution in [3.63, 3.8) is 0 Å². The lowest BCUT2D eigenvalue weighted by Crippen LogP contribution is -2.37. The van der Waals surface area contributed by atoms with E-state index in [1.54, 1.807) is 0 Å². The van der Waals surface area contributed by atoms with Crippen LogP contribution in [0, 0.1) is 0 Å². The van der Waals surface area contributed by atoms with Gasteiger partial charge in [-0.05, 0) is 41.4 Å². The van der Waals surface area contributed by atoms with Crippen molar-refractivity contribution in [1.29, 1.82) is 0 Å². The first-order valence-electron chi connectivity index (χ1n) is 8.33. The minimum Gasteiger partial charge on any atom is -0.652 e. The molecule has 27 heavy (non-hydrogen) atoms. The first kappa shape index (κ1) is 19.7. The van der Waals surface area contributed by atoms with Crippen LogP contribution in [0.3, 0.4) is 0 Å². The zero-order chi connectivity index (χ0) is 19.6. The van der Waals surface area contributed by atoms with Gasteiger partial charge in [0.25, 0.3) is 0 Å². The first-order chi connectivity index (χ1) is 13.0. The number of rotatable bonds is 4. The highest BCUT2D eigenvalue weighted by Gasteiger charge is 2.15. The Kier molecular flexibility index (Phi) is 7.14. The van der Waals surface area contributed by atoms with Crippen molar-refractivity contribution in [3.05, 3.63) is 84.4 Å². The smallest absolute Gasteiger partial charge is 0.338 e. The van der Waals surface area contributed by atoms with E-state index in [1.165, 1.54) is 0 Å². The molecule has 5 heteroatoms. The second kappa shape index (κ2) is 9.77. The zero-order valence-electron chi connectivity index (χ0n) is 14.8. The maximum Gasteiger partial charge on any atom is 0.338 e. The van der Waals surface area contributed by atoms with Crippen LogP contribution in [0.5, 0.6) is 0 Å². The fraction of sp³-hybridized carbons (Fsp3) is 0.0909. The lowest BCUT2D eigenvalue weighted by Gasteiger charge is -2.13. The Hall–Kier alpha value is -3.60. The molecule has 3 aromatic carbocycles. The maximum atomic E-state index is 12.3. The van der Waals surface area contributed by atoms with Gasteiger partial charge in [0.05, 0.1) is 12.2 Å². The van der Waals surface area contributed by atoms with Gasteiger partial charge in [-0.25, -0.2) is 4.79 Å². The highest BCUT2D eigenvalue weighted by Crippen LogP contribution is 2.34. The highest BCUT2D eigenvalue weighted by molar-refractivity contribution is 5.99. The molecule has 0 atom stereocenters. The summed E-state index contributed by atoms with van der Waals surface area (Å²) in [6.45, 7) is 2.19. The van der Waals surface area contributed by atoms with Crippen LogP contribution in [-0.4, -0.2) is 18.7 Å². The van der Waals surface area contributed by atoms with Crippen LogP contribution in [0.1, 0.15) is 17.3 Å². The van der Waals surface area contributed by atoms with Crippen LogP contribution in [0.15, 0.2) is 78.9 Å². The number of benzene rings is 3. The molecule has 0 N–H and O–H groups in total. The average molecular weight is 362 g/mol. The molecule has 0 aromatic heterocycles. The van der Waals surface area contributed by atoms with Crippen molar-refractivity contribution < 1.29 is 24.5 Å². The van der Waals surface area contributed by atoms with Gasteiger partial charge in [0, 0.05) is 0 Å². The summed E-state index contributed by atoms with van der Waals surface area (Å²) in [5.41, 5.74) is 4.75. The predicted octanol–water partition coefficient (Wildman–Crippen LogP) is 2.75. The topological polar surface area (TPSA) is 89.5 Å². The Morgan fingerprint density at radius 2 is 1.22 bits per heavy atom. The Morgan fingerprint density at radius 3 is 1.81 bits per heavy atom. The minimum absolute atomic E-state index is 0.286. The van der Waals surface area contributed by atoms with Crippen molar-refractivity contribution in [2.45, 2.75) is 6.92 Å². The number of ether oxygens (including phenoxy) is 1. The summed E-state index contributed by atoms with van der Waals surface area (Å²) in [7, 11) is 0. The quantitative estimate of drug-likeness (QED) is 0.666. The molecule has 0 saturated carbocycles. The first-order valence-corrected chi connectivity index (χ1v) is 8.33. The SMILES string of the molecule is CCOC(=O)c1ccccc1-c1ccccc1-c1ccccc1.O=C([O-])[O-]. The van der Waals surface area contributed by atoms with Gasteiger partial charge in [0.2, 0.25) is 0 Å². The molecule has 0 bridgehead atoms. The van der Waals surface area contributed by atoms with E-state index in [1.807, 2.05) is 67.6 Å². The lowest BCUT2D eigenvalue weighted by atomic mass is 9.92. The molecule has 0 aliphatic heterocycles. The summed E-state index contributed by atoms with van der Waals surface area (Å²) in [5.74, 6) is -0.286. The van der Waals surface area contributed by atoms with Crippen LogP contribution >= 0.6 is 0 Å². The van der Waals surface area contributed by atoms with Crippen molar-refractivity contribution in [2.24, 2.45) is 0 Å². The molecule has 0 radical (unpaired) electrons. The summed E-state index contributed by atoms with van der Waals surface area (Å²) < 4.78 is 5.20. The maximum absolute atomic E-state index is 12.3. The summed E-state index contributed by atoms with van der Waals surface area (Å²) in [6.07, 6.45) is -2.33. The van der Waals surface area contributed by atoms with E-state index in [2.05, 4.69) is 18.2 Å². The Labute approximate surface area is 157 Å². The molecular weight excluding hydrogens is 344 g/mol. The summed E-state index contributed by atoms with van der Waals surface area (Å²) >= 11 is 0. The summed E-state index contributed by atoms with van der Waals surface area (Å²) in [5, 5.41) is 16.7. The van der Waals surface area contributed by atoms with Gasteiger partial charge >= 0.3 is 5.97 Å². The van der Waals surface area contributed by atoms with Crippen LogP contribution in [-0.2, 0) is 4.74 Å². The third-order valence-electron chi connectivity index (χ3n) is 3.72. The number of hydrogen-bond acceptors (Lipinski definition) is 5. The Balaban J connectivity index is 0.000000596. The molecule has 0 aliphatic carbocycles. The highest BCUT2D eigenvalue weighted by atomic mass is 16.6. The number of carbonyl (C=O) groups excluding carboxylic acids is 2. The monoisotopic (exact) mass is 362 g/mol. The Bertz CT molecular complexity index is 899. The van der Waals surface area contributed by atoms with Crippen molar-refractivity contribution in [2.75, 3.05) is 6.61 Å². The van der Waals surface area contributed by atoms with E-state index in [0.717, 1.165) is 22.3 Å². The van der Waals surface area contributed by atoms with Crippen LogP contribution in [0.4, 0.5) is 4.79 Å². The molecule has 3 rings (SSSR count). The molecule has 0 spiro atoms. The van der Waals surface area contributed by atoms with Crippen molar-refractivity contribution >= 4 is 12.1 Å². The van der Waals surface area contributed by atoms with Crippen LogP contribution in [0.25, 0.3) is 22.3 Å². The lowest BCUT2D eigenvalue weighted by molar-refractivity contribution is -0.415.